The predicted molar refractivity (Wildman–Crippen MR) is 107 cm³/mol. The molecule has 1 aromatic carbocycles. The van der Waals surface area contributed by atoms with Crippen molar-refractivity contribution in [2.45, 2.75) is 11.8 Å². The third kappa shape index (κ3) is 2.68. The number of hydrogen-bond donors (Lipinski definition) is 0. The molecule has 2 aliphatic rings. The van der Waals surface area contributed by atoms with Gasteiger partial charge in [-0.25, -0.2) is 0 Å². The van der Waals surface area contributed by atoms with Gasteiger partial charge in [-0.1, -0.05) is 23.7 Å². The molecule has 32 heavy (non-hydrogen) atoms. The number of alkyl halides is 3. The van der Waals surface area contributed by atoms with E-state index in [1.165, 1.54) is 29.2 Å². The minimum absolute atomic E-state index is 0.0354. The fourth-order valence-electron chi connectivity index (χ4n) is 4.61. The van der Waals surface area contributed by atoms with E-state index in [1.807, 2.05) is 0 Å². The van der Waals surface area contributed by atoms with E-state index in [9.17, 15) is 22.8 Å². The quantitative estimate of drug-likeness (QED) is 0.587. The molecule has 2 aliphatic heterocycles. The van der Waals surface area contributed by atoms with Crippen LogP contribution >= 0.6 is 11.6 Å². The van der Waals surface area contributed by atoms with Crippen molar-refractivity contribution in [3.05, 3.63) is 81.9 Å². The van der Waals surface area contributed by atoms with Crippen LogP contribution in [0.1, 0.15) is 37.5 Å². The topological polar surface area (TPSA) is 71.3 Å². The Morgan fingerprint density at radius 2 is 1.88 bits per heavy atom. The predicted octanol–water partition coefficient (Wildman–Crippen LogP) is 3.30. The van der Waals surface area contributed by atoms with Crippen LogP contribution in [0.5, 0.6) is 0 Å². The van der Waals surface area contributed by atoms with Gasteiger partial charge in [0.2, 0.25) is 0 Å². The van der Waals surface area contributed by atoms with Crippen LogP contribution in [0, 0.1) is 0 Å². The van der Waals surface area contributed by atoms with Gasteiger partial charge in [-0.05, 0) is 18.2 Å². The van der Waals surface area contributed by atoms with Gasteiger partial charge in [0.05, 0.1) is 11.1 Å². The number of nitrogens with zero attached hydrogens (tertiary/aromatic N) is 5. The summed E-state index contributed by atoms with van der Waals surface area (Å²) in [5.41, 5.74) is -2.01. The number of aryl methyl sites for hydroxylation is 1. The van der Waals surface area contributed by atoms with Crippen molar-refractivity contribution in [2.75, 3.05) is 13.1 Å². The average Bonchev–Trinajstić information content (AvgIpc) is 3.41. The van der Waals surface area contributed by atoms with Crippen LogP contribution in [0.2, 0.25) is 5.02 Å². The van der Waals surface area contributed by atoms with Gasteiger partial charge < -0.3 is 9.80 Å². The Morgan fingerprint density at radius 1 is 1.16 bits per heavy atom. The molecule has 4 heterocycles. The van der Waals surface area contributed by atoms with Crippen molar-refractivity contribution < 1.29 is 22.8 Å². The summed E-state index contributed by atoms with van der Waals surface area (Å²) < 4.78 is 41.8. The Balaban J connectivity index is 1.75. The van der Waals surface area contributed by atoms with E-state index in [1.54, 1.807) is 30.3 Å². The molecule has 0 radical (unpaired) electrons. The monoisotopic (exact) mass is 461 g/mol. The van der Waals surface area contributed by atoms with Crippen molar-refractivity contribution in [3.8, 4) is 0 Å². The molecule has 1 fully saturated rings. The standard InChI is InChI=1S/C21H15ClF3N5O2/c1-28-11-15(17(27-28)21(23,24)25)19(32)30-9-8-29-18(31)14-6-7-26-10-16(14)20(29,30)12-2-4-13(22)5-3-12/h2-7,10-11H,8-9H2,1H3/t20-/m0/s1. The molecule has 164 valence electrons. The van der Waals surface area contributed by atoms with Gasteiger partial charge in [-0.15, -0.1) is 0 Å². The van der Waals surface area contributed by atoms with E-state index in [0.717, 1.165) is 10.9 Å². The number of carbonyl (C=O) groups is 2. The normalized spacial score (nSPS) is 20.0. The van der Waals surface area contributed by atoms with E-state index in [2.05, 4.69) is 10.1 Å². The van der Waals surface area contributed by atoms with E-state index in [0.29, 0.717) is 21.7 Å². The molecule has 2 aromatic heterocycles. The molecule has 1 saturated heterocycles. The highest BCUT2D eigenvalue weighted by atomic mass is 35.5. The van der Waals surface area contributed by atoms with Crippen molar-refractivity contribution in [2.24, 2.45) is 7.05 Å². The Hall–Kier alpha value is -3.40. The van der Waals surface area contributed by atoms with Gasteiger partial charge in [0.25, 0.3) is 11.8 Å². The number of pyridine rings is 1. The van der Waals surface area contributed by atoms with Crippen molar-refractivity contribution in [1.82, 2.24) is 24.6 Å². The van der Waals surface area contributed by atoms with Crippen molar-refractivity contribution in [1.29, 1.82) is 0 Å². The van der Waals surface area contributed by atoms with Crippen LogP contribution in [0.4, 0.5) is 13.2 Å². The number of halogens is 4. The largest absolute Gasteiger partial charge is 0.435 e. The van der Waals surface area contributed by atoms with E-state index in [4.69, 9.17) is 11.6 Å². The Morgan fingerprint density at radius 3 is 2.56 bits per heavy atom. The summed E-state index contributed by atoms with van der Waals surface area (Å²) in [5, 5.41) is 3.90. The van der Waals surface area contributed by atoms with Gasteiger partial charge in [-0.3, -0.25) is 19.3 Å². The Labute approximate surface area is 185 Å². The van der Waals surface area contributed by atoms with Gasteiger partial charge in [0, 0.05) is 54.9 Å². The van der Waals surface area contributed by atoms with Crippen LogP contribution < -0.4 is 0 Å². The molecular formula is C21H15ClF3N5O2. The summed E-state index contributed by atoms with van der Waals surface area (Å²) in [4.78, 5) is 33.7. The maximum Gasteiger partial charge on any atom is 0.435 e. The molecule has 0 aliphatic carbocycles. The molecule has 3 aromatic rings. The summed E-state index contributed by atoms with van der Waals surface area (Å²) in [6, 6.07) is 8.07. The van der Waals surface area contributed by atoms with Crippen LogP contribution in [0.15, 0.2) is 48.9 Å². The minimum atomic E-state index is -4.82. The summed E-state index contributed by atoms with van der Waals surface area (Å²) in [6.45, 7) is 0.178. The summed E-state index contributed by atoms with van der Waals surface area (Å²) in [5.74, 6) is -1.21. The number of rotatable bonds is 2. The smallest absolute Gasteiger partial charge is 0.306 e. The first-order chi connectivity index (χ1) is 15.2. The molecule has 1 atom stereocenters. The van der Waals surface area contributed by atoms with Crippen LogP contribution in [0.25, 0.3) is 0 Å². The molecule has 5 rings (SSSR count). The molecule has 0 N–H and O–H groups in total. The first-order valence-corrected chi connectivity index (χ1v) is 9.99. The average molecular weight is 462 g/mol. The van der Waals surface area contributed by atoms with Gasteiger partial charge in [0.1, 0.15) is 0 Å². The lowest BCUT2D eigenvalue weighted by Crippen LogP contribution is -2.51. The number of aromatic nitrogens is 3. The summed E-state index contributed by atoms with van der Waals surface area (Å²) in [6.07, 6.45) is -0.834. The molecule has 2 amide bonds. The Kier molecular flexibility index (Phi) is 4.35. The second-order valence-electron chi connectivity index (χ2n) is 7.58. The molecule has 0 saturated carbocycles. The highest BCUT2D eigenvalue weighted by molar-refractivity contribution is 6.30. The SMILES string of the molecule is Cn1cc(C(=O)N2CCN3C(=O)c4ccncc4[C@@]32c2ccc(Cl)cc2)c(C(F)(F)F)n1. The highest BCUT2D eigenvalue weighted by Crippen LogP contribution is 2.50. The van der Waals surface area contributed by atoms with Crippen molar-refractivity contribution >= 4 is 23.4 Å². The first-order valence-electron chi connectivity index (χ1n) is 9.61. The lowest BCUT2D eigenvalue weighted by atomic mass is 9.90. The molecule has 7 nitrogen and oxygen atoms in total. The minimum Gasteiger partial charge on any atom is -0.306 e. The zero-order chi connectivity index (χ0) is 22.8. The number of carbonyl (C=O) groups excluding carboxylic acids is 2. The summed E-state index contributed by atoms with van der Waals surface area (Å²) in [7, 11) is 1.32. The third-order valence-electron chi connectivity index (χ3n) is 5.82. The van der Waals surface area contributed by atoms with Crippen LogP contribution in [0.3, 0.4) is 0 Å². The van der Waals surface area contributed by atoms with E-state index >= 15 is 0 Å². The number of amides is 2. The Bertz CT molecular complexity index is 1260. The lowest BCUT2D eigenvalue weighted by molar-refractivity contribution is -0.141. The number of hydrogen-bond acceptors (Lipinski definition) is 4. The lowest BCUT2D eigenvalue weighted by Gasteiger charge is -2.40. The van der Waals surface area contributed by atoms with E-state index < -0.39 is 29.0 Å². The van der Waals surface area contributed by atoms with Crippen LogP contribution in [-0.2, 0) is 18.9 Å². The van der Waals surface area contributed by atoms with Gasteiger partial charge >= 0.3 is 6.18 Å². The molecule has 11 heteroatoms. The second kappa shape index (κ2) is 6.80. The molecule has 0 spiro atoms. The van der Waals surface area contributed by atoms with Gasteiger partial charge in [-0.2, -0.15) is 18.3 Å². The molecule has 0 bridgehead atoms. The zero-order valence-electron chi connectivity index (χ0n) is 16.6. The zero-order valence-corrected chi connectivity index (χ0v) is 17.4. The summed E-state index contributed by atoms with van der Waals surface area (Å²) >= 11 is 6.05. The maximum atomic E-state index is 13.6. The molecular weight excluding hydrogens is 447 g/mol. The fourth-order valence-corrected chi connectivity index (χ4v) is 4.74. The highest BCUT2D eigenvalue weighted by Gasteiger charge is 2.60. The first kappa shape index (κ1) is 20.5. The maximum absolute atomic E-state index is 13.6. The second-order valence-corrected chi connectivity index (χ2v) is 8.01. The van der Waals surface area contributed by atoms with Crippen LogP contribution in [-0.4, -0.2) is 49.5 Å². The van der Waals surface area contributed by atoms with E-state index in [-0.39, 0.29) is 19.0 Å². The van der Waals surface area contributed by atoms with Gasteiger partial charge in [0.15, 0.2) is 11.4 Å². The third-order valence-corrected chi connectivity index (χ3v) is 6.07. The number of benzene rings is 1. The van der Waals surface area contributed by atoms with Crippen molar-refractivity contribution in [3.63, 3.8) is 0 Å². The number of fused-ring (bicyclic) bond motifs is 3. The molecule has 0 unspecified atom stereocenters. The fraction of sp³-hybridized carbons (Fsp3) is 0.238.